The van der Waals surface area contributed by atoms with Gasteiger partial charge in [-0.25, -0.2) is 4.39 Å². The summed E-state index contributed by atoms with van der Waals surface area (Å²) in [5.41, 5.74) is 0.852. The summed E-state index contributed by atoms with van der Waals surface area (Å²) >= 11 is 9.17. The van der Waals surface area contributed by atoms with Gasteiger partial charge < -0.3 is 15.2 Å². The van der Waals surface area contributed by atoms with Crippen molar-refractivity contribution in [2.24, 2.45) is 0 Å². The van der Waals surface area contributed by atoms with Gasteiger partial charge in [0.2, 0.25) is 0 Å². The maximum Gasteiger partial charge on any atom is 0.265 e. The quantitative estimate of drug-likeness (QED) is 0.790. The van der Waals surface area contributed by atoms with Crippen LogP contribution < -0.4 is 10.1 Å². The minimum absolute atomic E-state index is 0.102. The van der Waals surface area contributed by atoms with Gasteiger partial charge in [0, 0.05) is 10.0 Å². The van der Waals surface area contributed by atoms with Crippen molar-refractivity contribution in [3.8, 4) is 5.75 Å². The van der Waals surface area contributed by atoms with Crippen molar-refractivity contribution in [2.45, 2.75) is 19.6 Å². The second-order valence-corrected chi connectivity index (χ2v) is 6.11. The fraction of sp³-hybridized carbons (Fsp3) is 0.188. The van der Waals surface area contributed by atoms with E-state index in [4.69, 9.17) is 16.3 Å². The van der Waals surface area contributed by atoms with Crippen LogP contribution in [0.5, 0.6) is 5.75 Å². The molecular weight excluding hydrogens is 389 g/mol. The zero-order valence-corrected chi connectivity index (χ0v) is 14.5. The molecule has 7 heteroatoms. The SMILES string of the molecule is C[C@@H](Oc1ccc(Br)cc1CO)C(=O)Nc1ccc(F)cc1Cl. The van der Waals surface area contributed by atoms with Gasteiger partial charge in [-0.1, -0.05) is 27.5 Å². The highest BCUT2D eigenvalue weighted by atomic mass is 79.9. The second kappa shape index (κ2) is 7.77. The predicted molar refractivity (Wildman–Crippen MR) is 90.2 cm³/mol. The second-order valence-electron chi connectivity index (χ2n) is 4.78. The minimum Gasteiger partial charge on any atom is -0.481 e. The Hall–Kier alpha value is -1.63. The third-order valence-corrected chi connectivity index (χ3v) is 3.86. The molecule has 4 nitrogen and oxygen atoms in total. The van der Waals surface area contributed by atoms with Crippen molar-refractivity contribution in [1.82, 2.24) is 0 Å². The normalized spacial score (nSPS) is 11.9. The van der Waals surface area contributed by atoms with E-state index in [0.717, 1.165) is 10.5 Å². The van der Waals surface area contributed by atoms with Crippen LogP contribution in [0.15, 0.2) is 40.9 Å². The molecule has 2 rings (SSSR count). The summed E-state index contributed by atoms with van der Waals surface area (Å²) in [7, 11) is 0. The number of carbonyl (C=O) groups is 1. The van der Waals surface area contributed by atoms with Gasteiger partial charge in [0.05, 0.1) is 17.3 Å². The predicted octanol–water partition coefficient (Wildman–Crippen LogP) is 4.14. The molecule has 23 heavy (non-hydrogen) atoms. The van der Waals surface area contributed by atoms with Gasteiger partial charge in [-0.15, -0.1) is 0 Å². The average Bonchev–Trinajstić information content (AvgIpc) is 2.51. The van der Waals surface area contributed by atoms with Crippen LogP contribution in [0, 0.1) is 5.82 Å². The number of carbonyl (C=O) groups excluding carboxylic acids is 1. The Morgan fingerprint density at radius 2 is 2.13 bits per heavy atom. The minimum atomic E-state index is -0.831. The molecule has 0 aliphatic heterocycles. The maximum absolute atomic E-state index is 13.0. The van der Waals surface area contributed by atoms with E-state index < -0.39 is 17.8 Å². The molecule has 2 aromatic rings. The molecule has 0 saturated heterocycles. The number of amides is 1. The van der Waals surface area contributed by atoms with Crippen LogP contribution >= 0.6 is 27.5 Å². The van der Waals surface area contributed by atoms with Crippen molar-refractivity contribution in [1.29, 1.82) is 0 Å². The number of aliphatic hydroxyl groups excluding tert-OH is 1. The Labute approximate surface area is 146 Å². The van der Waals surface area contributed by atoms with Crippen molar-refractivity contribution in [3.63, 3.8) is 0 Å². The molecule has 0 spiro atoms. The summed E-state index contributed by atoms with van der Waals surface area (Å²) in [5.74, 6) is -0.520. The van der Waals surface area contributed by atoms with Gasteiger partial charge in [0.25, 0.3) is 5.91 Å². The van der Waals surface area contributed by atoms with E-state index >= 15 is 0 Å². The molecule has 1 atom stereocenters. The highest BCUT2D eigenvalue weighted by molar-refractivity contribution is 9.10. The van der Waals surface area contributed by atoms with Crippen LogP contribution in [0.25, 0.3) is 0 Å². The Morgan fingerprint density at radius 1 is 1.39 bits per heavy atom. The van der Waals surface area contributed by atoms with Crippen LogP contribution in [0.3, 0.4) is 0 Å². The van der Waals surface area contributed by atoms with E-state index in [1.807, 2.05) is 0 Å². The molecule has 0 bridgehead atoms. The fourth-order valence-corrected chi connectivity index (χ4v) is 2.48. The highest BCUT2D eigenvalue weighted by Crippen LogP contribution is 2.25. The number of benzene rings is 2. The first-order valence-electron chi connectivity index (χ1n) is 6.72. The average molecular weight is 403 g/mol. The van der Waals surface area contributed by atoms with Crippen LogP contribution in [-0.4, -0.2) is 17.1 Å². The third-order valence-electron chi connectivity index (χ3n) is 3.05. The van der Waals surface area contributed by atoms with Gasteiger partial charge in [-0.05, 0) is 43.3 Å². The molecule has 2 aromatic carbocycles. The zero-order valence-electron chi connectivity index (χ0n) is 12.1. The van der Waals surface area contributed by atoms with Crippen LogP contribution in [0.1, 0.15) is 12.5 Å². The smallest absolute Gasteiger partial charge is 0.265 e. The Morgan fingerprint density at radius 3 is 2.78 bits per heavy atom. The largest absolute Gasteiger partial charge is 0.481 e. The lowest BCUT2D eigenvalue weighted by Crippen LogP contribution is -2.30. The summed E-state index contributed by atoms with van der Waals surface area (Å²) in [4.78, 5) is 12.2. The summed E-state index contributed by atoms with van der Waals surface area (Å²) in [5, 5.41) is 12.0. The molecule has 2 N–H and O–H groups in total. The molecule has 1 amide bonds. The summed E-state index contributed by atoms with van der Waals surface area (Å²) in [6, 6.07) is 8.80. The van der Waals surface area contributed by atoms with Gasteiger partial charge in [0.15, 0.2) is 6.10 Å². The first-order chi connectivity index (χ1) is 10.9. The molecule has 122 valence electrons. The molecule has 0 aliphatic rings. The molecule has 0 aromatic heterocycles. The summed E-state index contributed by atoms with van der Waals surface area (Å²) in [6.07, 6.45) is -0.831. The number of hydrogen-bond acceptors (Lipinski definition) is 3. The van der Waals surface area contributed by atoms with E-state index in [9.17, 15) is 14.3 Å². The van der Waals surface area contributed by atoms with Crippen molar-refractivity contribution >= 4 is 39.1 Å². The number of anilines is 1. The first kappa shape index (κ1) is 17.7. The number of nitrogens with one attached hydrogen (secondary N) is 1. The molecule has 0 radical (unpaired) electrons. The van der Waals surface area contributed by atoms with Crippen molar-refractivity contribution in [3.05, 3.63) is 57.3 Å². The van der Waals surface area contributed by atoms with Gasteiger partial charge in [0.1, 0.15) is 11.6 Å². The fourth-order valence-electron chi connectivity index (χ4n) is 1.86. The van der Waals surface area contributed by atoms with E-state index in [1.165, 1.54) is 12.1 Å². The first-order valence-corrected chi connectivity index (χ1v) is 7.89. The van der Waals surface area contributed by atoms with Crippen LogP contribution in [-0.2, 0) is 11.4 Å². The number of aliphatic hydroxyl groups is 1. The molecule has 0 saturated carbocycles. The summed E-state index contributed by atoms with van der Waals surface area (Å²) < 4.78 is 19.4. The lowest BCUT2D eigenvalue weighted by molar-refractivity contribution is -0.122. The third kappa shape index (κ3) is 4.67. The molecular formula is C16H14BrClFNO3. The van der Waals surface area contributed by atoms with Gasteiger partial charge in [-0.2, -0.15) is 0 Å². The maximum atomic E-state index is 13.0. The van der Waals surface area contributed by atoms with Crippen molar-refractivity contribution < 1.29 is 19.0 Å². The van der Waals surface area contributed by atoms with Crippen LogP contribution in [0.2, 0.25) is 5.02 Å². The van der Waals surface area contributed by atoms with E-state index in [2.05, 4.69) is 21.2 Å². The Balaban J connectivity index is 2.08. The lowest BCUT2D eigenvalue weighted by Gasteiger charge is -2.17. The van der Waals surface area contributed by atoms with Gasteiger partial charge >= 0.3 is 0 Å². The number of hydrogen-bond donors (Lipinski definition) is 2. The number of rotatable bonds is 5. The number of ether oxygens (including phenoxy) is 1. The lowest BCUT2D eigenvalue weighted by atomic mass is 10.2. The highest BCUT2D eigenvalue weighted by Gasteiger charge is 2.18. The topological polar surface area (TPSA) is 58.6 Å². The van der Waals surface area contributed by atoms with Gasteiger partial charge in [-0.3, -0.25) is 4.79 Å². The Kier molecular flexibility index (Phi) is 5.98. The van der Waals surface area contributed by atoms with E-state index in [-0.39, 0.29) is 11.6 Å². The van der Waals surface area contributed by atoms with Crippen molar-refractivity contribution in [2.75, 3.05) is 5.32 Å². The molecule has 0 heterocycles. The van der Waals surface area contributed by atoms with Crippen LogP contribution in [0.4, 0.5) is 10.1 Å². The Bertz CT molecular complexity index is 726. The summed E-state index contributed by atoms with van der Waals surface area (Å²) in [6.45, 7) is 1.35. The molecule has 0 unspecified atom stereocenters. The molecule has 0 fully saturated rings. The monoisotopic (exact) mass is 401 g/mol. The standard InChI is InChI=1S/C16H14BrClFNO3/c1-9(23-15-5-2-11(17)6-10(15)8-21)16(22)20-14-4-3-12(19)7-13(14)18/h2-7,9,21H,8H2,1H3,(H,20,22)/t9-/m1/s1. The zero-order chi connectivity index (χ0) is 17.0. The number of halogens is 3. The molecule has 0 aliphatic carbocycles. The van der Waals surface area contributed by atoms with E-state index in [1.54, 1.807) is 25.1 Å². The van der Waals surface area contributed by atoms with E-state index in [0.29, 0.717) is 17.0 Å².